The molecule has 1 saturated heterocycles. The molecule has 0 saturated carbocycles. The molecule has 1 aromatic heterocycles. The summed E-state index contributed by atoms with van der Waals surface area (Å²) in [5, 5.41) is 22.0. The summed E-state index contributed by atoms with van der Waals surface area (Å²) in [6.07, 6.45) is 0. The van der Waals surface area contributed by atoms with E-state index < -0.39 is 17.7 Å². The Bertz CT molecular complexity index is 1460. The van der Waals surface area contributed by atoms with Crippen molar-refractivity contribution in [1.82, 2.24) is 4.98 Å². The van der Waals surface area contributed by atoms with Gasteiger partial charge in [0, 0.05) is 10.6 Å². The highest BCUT2D eigenvalue weighted by Crippen LogP contribution is 2.44. The maximum atomic E-state index is 13.2. The van der Waals surface area contributed by atoms with Crippen LogP contribution in [0.3, 0.4) is 0 Å². The van der Waals surface area contributed by atoms with Crippen molar-refractivity contribution in [3.63, 3.8) is 0 Å². The second-order valence-corrected chi connectivity index (χ2v) is 9.18. The molecule has 0 aliphatic carbocycles. The number of aliphatic hydroxyl groups is 1. The predicted octanol–water partition coefficient (Wildman–Crippen LogP) is 5.59. The van der Waals surface area contributed by atoms with Gasteiger partial charge in [-0.1, -0.05) is 41.1 Å². The average Bonchev–Trinajstić information content (AvgIpc) is 3.32. The van der Waals surface area contributed by atoms with Crippen LogP contribution in [0.15, 0.2) is 72.3 Å². The first-order valence-corrected chi connectivity index (χ1v) is 11.3. The van der Waals surface area contributed by atoms with Gasteiger partial charge < -0.3 is 10.2 Å². The van der Waals surface area contributed by atoms with Crippen molar-refractivity contribution in [3.8, 4) is 5.75 Å². The van der Waals surface area contributed by atoms with Gasteiger partial charge in [0.1, 0.15) is 11.5 Å². The zero-order valence-electron chi connectivity index (χ0n) is 17.3. The van der Waals surface area contributed by atoms with Crippen molar-refractivity contribution in [2.24, 2.45) is 0 Å². The monoisotopic (exact) mass is 476 g/mol. The van der Waals surface area contributed by atoms with Crippen LogP contribution in [0.1, 0.15) is 22.7 Å². The Morgan fingerprint density at radius 1 is 1.06 bits per heavy atom. The van der Waals surface area contributed by atoms with E-state index in [4.69, 9.17) is 11.6 Å². The van der Waals surface area contributed by atoms with Crippen LogP contribution in [-0.2, 0) is 9.59 Å². The standard InChI is InChI=1S/C25H17ClN2O4S/c1-13-5-10-18-19(11-13)33-25(27-18)28-21(15-3-2-4-17(29)12-15)20(23(31)24(28)32)22(30)14-6-8-16(26)9-7-14/h2-12,21,29-30H,1H3. The maximum Gasteiger partial charge on any atom is 0.301 e. The molecule has 4 aromatic rings. The number of Topliss-reactive ketones (excluding diaryl/α,β-unsaturated/α-hetero) is 1. The van der Waals surface area contributed by atoms with E-state index in [9.17, 15) is 19.8 Å². The van der Waals surface area contributed by atoms with E-state index in [1.165, 1.54) is 28.4 Å². The number of phenolic OH excluding ortho intramolecular Hbond substituents is 1. The molecular formula is C25H17ClN2O4S. The largest absolute Gasteiger partial charge is 0.508 e. The number of aryl methyl sites for hydroxylation is 1. The Hall–Kier alpha value is -3.68. The maximum absolute atomic E-state index is 13.2. The van der Waals surface area contributed by atoms with Crippen LogP contribution in [0.5, 0.6) is 5.75 Å². The molecule has 164 valence electrons. The van der Waals surface area contributed by atoms with Gasteiger partial charge >= 0.3 is 5.91 Å². The van der Waals surface area contributed by atoms with Gasteiger partial charge in [-0.15, -0.1) is 0 Å². The van der Waals surface area contributed by atoms with Crippen LogP contribution < -0.4 is 4.90 Å². The molecule has 1 atom stereocenters. The fourth-order valence-electron chi connectivity index (χ4n) is 3.93. The Kier molecular flexibility index (Phi) is 5.15. The van der Waals surface area contributed by atoms with Crippen LogP contribution >= 0.6 is 22.9 Å². The molecule has 1 fully saturated rings. The number of ketones is 1. The van der Waals surface area contributed by atoms with Gasteiger partial charge in [0.05, 0.1) is 21.8 Å². The number of hydrogen-bond donors (Lipinski definition) is 2. The van der Waals surface area contributed by atoms with Gasteiger partial charge in [-0.2, -0.15) is 0 Å². The molecule has 6 nitrogen and oxygen atoms in total. The topological polar surface area (TPSA) is 90.7 Å². The molecular weight excluding hydrogens is 460 g/mol. The number of aliphatic hydroxyl groups excluding tert-OH is 1. The average molecular weight is 477 g/mol. The van der Waals surface area contributed by atoms with Crippen LogP contribution in [0, 0.1) is 6.92 Å². The van der Waals surface area contributed by atoms with E-state index in [-0.39, 0.29) is 17.1 Å². The van der Waals surface area contributed by atoms with Crippen molar-refractivity contribution in [1.29, 1.82) is 0 Å². The molecule has 8 heteroatoms. The summed E-state index contributed by atoms with van der Waals surface area (Å²) in [6, 6.07) is 17.4. The number of aromatic hydroxyl groups is 1. The van der Waals surface area contributed by atoms with Gasteiger partial charge in [0.15, 0.2) is 5.13 Å². The summed E-state index contributed by atoms with van der Waals surface area (Å²) in [5.41, 5.74) is 2.49. The lowest BCUT2D eigenvalue weighted by Gasteiger charge is -2.23. The predicted molar refractivity (Wildman–Crippen MR) is 129 cm³/mol. The van der Waals surface area contributed by atoms with Gasteiger partial charge in [-0.25, -0.2) is 4.98 Å². The molecule has 3 aromatic carbocycles. The molecule has 0 radical (unpaired) electrons. The minimum Gasteiger partial charge on any atom is -0.508 e. The van der Waals surface area contributed by atoms with Crippen molar-refractivity contribution in [2.45, 2.75) is 13.0 Å². The number of amides is 1. The Balaban J connectivity index is 1.74. The number of aromatic nitrogens is 1. The third-order valence-electron chi connectivity index (χ3n) is 5.49. The summed E-state index contributed by atoms with van der Waals surface area (Å²) >= 11 is 7.25. The van der Waals surface area contributed by atoms with Crippen molar-refractivity contribution in [3.05, 3.63) is 94.0 Å². The van der Waals surface area contributed by atoms with Crippen LogP contribution in [0.4, 0.5) is 5.13 Å². The summed E-state index contributed by atoms with van der Waals surface area (Å²) in [4.78, 5) is 32.3. The highest BCUT2D eigenvalue weighted by molar-refractivity contribution is 7.22. The molecule has 2 heterocycles. The molecule has 1 aliphatic rings. The number of benzene rings is 3. The number of carbonyl (C=O) groups is 2. The highest BCUT2D eigenvalue weighted by Gasteiger charge is 2.48. The second-order valence-electron chi connectivity index (χ2n) is 7.74. The van der Waals surface area contributed by atoms with Crippen LogP contribution in [0.2, 0.25) is 5.02 Å². The minimum absolute atomic E-state index is 0.0236. The van der Waals surface area contributed by atoms with Gasteiger partial charge in [-0.05, 0) is 66.6 Å². The number of rotatable bonds is 3. The summed E-state index contributed by atoms with van der Waals surface area (Å²) < 4.78 is 0.874. The molecule has 5 rings (SSSR count). The SMILES string of the molecule is Cc1ccc2nc(N3C(=O)C(=O)C(=C(O)c4ccc(Cl)cc4)C3c3cccc(O)c3)sc2c1. The fraction of sp³-hybridized carbons (Fsp3) is 0.0800. The van der Waals surface area contributed by atoms with Crippen LogP contribution in [0.25, 0.3) is 16.0 Å². The number of anilines is 1. The first-order valence-electron chi connectivity index (χ1n) is 10.1. The molecule has 0 spiro atoms. The number of phenols is 1. The Morgan fingerprint density at radius 3 is 2.55 bits per heavy atom. The summed E-state index contributed by atoms with van der Waals surface area (Å²) in [5.74, 6) is -1.97. The number of halogens is 1. The number of carbonyl (C=O) groups excluding carboxylic acids is 2. The van der Waals surface area contributed by atoms with E-state index in [0.29, 0.717) is 26.8 Å². The molecule has 1 aliphatic heterocycles. The summed E-state index contributed by atoms with van der Waals surface area (Å²) in [6.45, 7) is 1.96. The van der Waals surface area contributed by atoms with E-state index in [2.05, 4.69) is 4.98 Å². The van der Waals surface area contributed by atoms with Gasteiger partial charge in [0.2, 0.25) is 0 Å². The van der Waals surface area contributed by atoms with Crippen molar-refractivity contribution < 1.29 is 19.8 Å². The molecule has 2 N–H and O–H groups in total. The lowest BCUT2D eigenvalue weighted by atomic mass is 9.95. The normalized spacial score (nSPS) is 17.8. The van der Waals surface area contributed by atoms with Crippen molar-refractivity contribution in [2.75, 3.05) is 4.90 Å². The highest BCUT2D eigenvalue weighted by atomic mass is 35.5. The fourth-order valence-corrected chi connectivity index (χ4v) is 5.14. The Morgan fingerprint density at radius 2 is 1.82 bits per heavy atom. The van der Waals surface area contributed by atoms with E-state index in [0.717, 1.165) is 10.3 Å². The smallest absolute Gasteiger partial charge is 0.301 e. The zero-order chi connectivity index (χ0) is 23.3. The number of thiazole rings is 1. The number of fused-ring (bicyclic) bond motifs is 1. The molecule has 1 amide bonds. The first-order chi connectivity index (χ1) is 15.8. The third-order valence-corrected chi connectivity index (χ3v) is 6.76. The first kappa shape index (κ1) is 21.2. The second kappa shape index (κ2) is 8.03. The molecule has 1 unspecified atom stereocenters. The third kappa shape index (κ3) is 3.65. The van der Waals surface area contributed by atoms with Gasteiger partial charge in [0.25, 0.3) is 5.78 Å². The van der Waals surface area contributed by atoms with E-state index >= 15 is 0 Å². The van der Waals surface area contributed by atoms with E-state index in [1.54, 1.807) is 36.4 Å². The zero-order valence-corrected chi connectivity index (χ0v) is 18.9. The lowest BCUT2D eigenvalue weighted by Crippen LogP contribution is -2.29. The minimum atomic E-state index is -0.963. The Labute approximate surface area is 198 Å². The van der Waals surface area contributed by atoms with Crippen molar-refractivity contribution >= 4 is 55.7 Å². The number of hydrogen-bond acceptors (Lipinski definition) is 6. The summed E-state index contributed by atoms with van der Waals surface area (Å²) in [7, 11) is 0. The number of nitrogens with zero attached hydrogens (tertiary/aromatic N) is 2. The molecule has 0 bridgehead atoms. The van der Waals surface area contributed by atoms with Gasteiger partial charge in [-0.3, -0.25) is 14.5 Å². The quantitative estimate of drug-likeness (QED) is 0.228. The molecule has 33 heavy (non-hydrogen) atoms. The van der Waals surface area contributed by atoms with E-state index in [1.807, 2.05) is 25.1 Å². The van der Waals surface area contributed by atoms with Crippen LogP contribution in [-0.4, -0.2) is 26.9 Å². The lowest BCUT2D eigenvalue weighted by molar-refractivity contribution is -0.132.